The third-order valence-corrected chi connectivity index (χ3v) is 3.23. The molecule has 1 aromatic rings. The van der Waals surface area contributed by atoms with Crippen molar-refractivity contribution in [1.82, 2.24) is 9.55 Å². The van der Waals surface area contributed by atoms with Gasteiger partial charge in [-0.05, 0) is 12.8 Å². The quantitative estimate of drug-likeness (QED) is 0.684. The molecule has 0 atom stereocenters. The number of aryl methyl sites for hydroxylation is 1. The molecule has 1 aromatic heterocycles. The molecular weight excluding hydrogens is 184 g/mol. The van der Waals surface area contributed by atoms with Crippen LogP contribution in [0.5, 0.6) is 0 Å². The predicted octanol–water partition coefficient (Wildman–Crippen LogP) is 1.49. The molecule has 3 nitrogen and oxygen atoms in total. The van der Waals surface area contributed by atoms with Crippen LogP contribution < -0.4 is 0 Å². The summed E-state index contributed by atoms with van der Waals surface area (Å²) in [6.07, 6.45) is 5.84. The topological polar surface area (TPSA) is 34.9 Å². The second-order valence-electron chi connectivity index (χ2n) is 3.35. The summed E-state index contributed by atoms with van der Waals surface area (Å²) in [5, 5.41) is 0.925. The van der Waals surface area contributed by atoms with E-state index in [1.54, 1.807) is 6.20 Å². The van der Waals surface area contributed by atoms with Gasteiger partial charge in [-0.25, -0.2) is 4.98 Å². The zero-order valence-corrected chi connectivity index (χ0v) is 8.38. The van der Waals surface area contributed by atoms with E-state index in [0.29, 0.717) is 17.5 Å². The van der Waals surface area contributed by atoms with Crippen molar-refractivity contribution in [1.29, 1.82) is 0 Å². The Hall–Kier alpha value is -0.770. The molecule has 0 aromatic carbocycles. The fraction of sp³-hybridized carbons (Fsp3) is 0.556. The van der Waals surface area contributed by atoms with Gasteiger partial charge in [0, 0.05) is 25.4 Å². The highest BCUT2D eigenvalue weighted by atomic mass is 32.2. The summed E-state index contributed by atoms with van der Waals surface area (Å²) >= 11 is 1.53. The Morgan fingerprint density at radius 2 is 2.54 bits per heavy atom. The number of hydrogen-bond acceptors (Lipinski definition) is 3. The zero-order valence-electron chi connectivity index (χ0n) is 7.56. The van der Waals surface area contributed by atoms with E-state index in [1.807, 2.05) is 17.8 Å². The molecule has 4 heteroatoms. The van der Waals surface area contributed by atoms with Crippen LogP contribution in [0.4, 0.5) is 0 Å². The maximum atomic E-state index is 11.4. The molecule has 13 heavy (non-hydrogen) atoms. The van der Waals surface area contributed by atoms with Crippen molar-refractivity contribution >= 4 is 17.5 Å². The maximum Gasteiger partial charge on any atom is 0.168 e. The first-order valence-electron chi connectivity index (χ1n) is 4.40. The number of ketones is 1. The first-order chi connectivity index (χ1) is 6.27. The van der Waals surface area contributed by atoms with E-state index >= 15 is 0 Å². The molecule has 0 aliphatic heterocycles. The van der Waals surface area contributed by atoms with Crippen molar-refractivity contribution in [2.45, 2.75) is 18.0 Å². The van der Waals surface area contributed by atoms with E-state index in [1.165, 1.54) is 11.8 Å². The zero-order chi connectivity index (χ0) is 9.26. The van der Waals surface area contributed by atoms with Crippen molar-refractivity contribution < 1.29 is 4.79 Å². The number of thioether (sulfide) groups is 1. The van der Waals surface area contributed by atoms with E-state index in [4.69, 9.17) is 0 Å². The number of imidazole rings is 1. The summed E-state index contributed by atoms with van der Waals surface area (Å²) in [4.78, 5) is 15.5. The number of carbonyl (C=O) groups is 1. The average Bonchev–Trinajstić information content (AvgIpc) is 2.88. The monoisotopic (exact) mass is 196 g/mol. The fourth-order valence-corrected chi connectivity index (χ4v) is 2.06. The van der Waals surface area contributed by atoms with Crippen LogP contribution in [0, 0.1) is 5.92 Å². The Kier molecular flexibility index (Phi) is 2.40. The van der Waals surface area contributed by atoms with Crippen LogP contribution in [0.25, 0.3) is 0 Å². The highest BCUT2D eigenvalue weighted by Gasteiger charge is 2.29. The summed E-state index contributed by atoms with van der Waals surface area (Å²) in [5.41, 5.74) is 0. The van der Waals surface area contributed by atoms with Crippen molar-refractivity contribution in [2.24, 2.45) is 13.0 Å². The first-order valence-corrected chi connectivity index (χ1v) is 5.39. The van der Waals surface area contributed by atoms with Gasteiger partial charge in [0.1, 0.15) is 5.78 Å². The Labute approximate surface area is 81.5 Å². The van der Waals surface area contributed by atoms with Crippen LogP contribution in [0.3, 0.4) is 0 Å². The lowest BCUT2D eigenvalue weighted by Crippen LogP contribution is -2.04. The molecule has 0 saturated heterocycles. The smallest absolute Gasteiger partial charge is 0.168 e. The molecule has 1 heterocycles. The summed E-state index contributed by atoms with van der Waals surface area (Å²) in [6.45, 7) is 0. The van der Waals surface area contributed by atoms with E-state index in [9.17, 15) is 4.79 Å². The van der Waals surface area contributed by atoms with Crippen LogP contribution in [0.2, 0.25) is 0 Å². The van der Waals surface area contributed by atoms with Crippen molar-refractivity contribution in [3.8, 4) is 0 Å². The highest BCUT2D eigenvalue weighted by Crippen LogP contribution is 2.31. The Balaban J connectivity index is 1.85. The van der Waals surface area contributed by atoms with Gasteiger partial charge in [-0.15, -0.1) is 0 Å². The first kappa shape index (κ1) is 8.81. The number of nitrogens with zero attached hydrogens (tertiary/aromatic N) is 2. The van der Waals surface area contributed by atoms with Crippen LogP contribution >= 0.6 is 11.8 Å². The lowest BCUT2D eigenvalue weighted by molar-refractivity contribution is -0.117. The molecule has 0 amide bonds. The normalized spacial score (nSPS) is 16.1. The van der Waals surface area contributed by atoms with Crippen molar-refractivity contribution in [3.05, 3.63) is 12.4 Å². The molecule has 2 rings (SSSR count). The number of carbonyl (C=O) groups excluding carboxylic acids is 1. The second-order valence-corrected chi connectivity index (χ2v) is 4.29. The van der Waals surface area contributed by atoms with Gasteiger partial charge >= 0.3 is 0 Å². The van der Waals surface area contributed by atoms with Crippen LogP contribution in [0.15, 0.2) is 17.6 Å². The standard InChI is InChI=1S/C9H12N2OS/c1-11-5-4-10-9(11)13-6-8(12)7-2-3-7/h4-5,7H,2-3,6H2,1H3. The summed E-state index contributed by atoms with van der Waals surface area (Å²) in [5.74, 6) is 1.33. The lowest BCUT2D eigenvalue weighted by Gasteiger charge is -1.99. The predicted molar refractivity (Wildman–Crippen MR) is 51.7 cm³/mol. The number of aromatic nitrogens is 2. The molecule has 1 saturated carbocycles. The van der Waals surface area contributed by atoms with Gasteiger partial charge < -0.3 is 4.57 Å². The summed E-state index contributed by atoms with van der Waals surface area (Å²) in [6, 6.07) is 0. The average molecular weight is 196 g/mol. The van der Waals surface area contributed by atoms with Gasteiger partial charge in [0.2, 0.25) is 0 Å². The molecular formula is C9H12N2OS. The van der Waals surface area contributed by atoms with E-state index in [0.717, 1.165) is 18.0 Å². The minimum Gasteiger partial charge on any atom is -0.329 e. The van der Waals surface area contributed by atoms with Gasteiger partial charge in [-0.3, -0.25) is 4.79 Å². The SMILES string of the molecule is Cn1ccnc1SCC(=O)C1CC1. The van der Waals surface area contributed by atoms with E-state index < -0.39 is 0 Å². The fourth-order valence-electron chi connectivity index (χ4n) is 1.15. The van der Waals surface area contributed by atoms with Gasteiger partial charge in [0.15, 0.2) is 5.16 Å². The summed E-state index contributed by atoms with van der Waals surface area (Å²) in [7, 11) is 1.94. The van der Waals surface area contributed by atoms with Gasteiger partial charge in [-0.2, -0.15) is 0 Å². The molecule has 1 fully saturated rings. The second kappa shape index (κ2) is 3.54. The molecule has 70 valence electrons. The van der Waals surface area contributed by atoms with E-state index in [2.05, 4.69) is 4.98 Å². The van der Waals surface area contributed by atoms with Crippen LogP contribution in [0.1, 0.15) is 12.8 Å². The van der Waals surface area contributed by atoms with Gasteiger partial charge in [0.05, 0.1) is 5.75 Å². The molecule has 1 aliphatic carbocycles. The Morgan fingerprint density at radius 1 is 1.77 bits per heavy atom. The molecule has 0 radical (unpaired) electrons. The third kappa shape index (κ3) is 2.12. The molecule has 0 bridgehead atoms. The number of rotatable bonds is 4. The highest BCUT2D eigenvalue weighted by molar-refractivity contribution is 7.99. The third-order valence-electron chi connectivity index (χ3n) is 2.15. The Morgan fingerprint density at radius 3 is 3.08 bits per heavy atom. The minimum absolute atomic E-state index is 0.368. The van der Waals surface area contributed by atoms with Crippen LogP contribution in [-0.2, 0) is 11.8 Å². The van der Waals surface area contributed by atoms with Crippen molar-refractivity contribution in [2.75, 3.05) is 5.75 Å². The van der Waals surface area contributed by atoms with Gasteiger partial charge in [0.25, 0.3) is 0 Å². The maximum absolute atomic E-state index is 11.4. The molecule has 0 unspecified atom stereocenters. The molecule has 0 spiro atoms. The van der Waals surface area contributed by atoms with Crippen LogP contribution in [-0.4, -0.2) is 21.1 Å². The minimum atomic E-state index is 0.368. The summed E-state index contributed by atoms with van der Waals surface area (Å²) < 4.78 is 1.94. The number of hydrogen-bond donors (Lipinski definition) is 0. The lowest BCUT2D eigenvalue weighted by atomic mass is 10.3. The Bertz CT molecular complexity index is 317. The van der Waals surface area contributed by atoms with E-state index in [-0.39, 0.29) is 0 Å². The largest absolute Gasteiger partial charge is 0.329 e. The van der Waals surface area contributed by atoms with Gasteiger partial charge in [-0.1, -0.05) is 11.8 Å². The molecule has 0 N–H and O–H groups in total. The number of Topliss-reactive ketones (excluding diaryl/α,β-unsaturated/α-hetero) is 1. The molecule has 1 aliphatic rings. The van der Waals surface area contributed by atoms with Crippen molar-refractivity contribution in [3.63, 3.8) is 0 Å².